The highest BCUT2D eigenvalue weighted by Crippen LogP contribution is 2.50. The highest BCUT2D eigenvalue weighted by atomic mass is 79.9. The zero-order chi connectivity index (χ0) is 23.0. The van der Waals surface area contributed by atoms with Gasteiger partial charge in [0.25, 0.3) is 0 Å². The number of fused-ring (bicyclic) bond motifs is 1. The average molecular weight is 523 g/mol. The van der Waals surface area contributed by atoms with Crippen LogP contribution in [0.1, 0.15) is 22.8 Å². The number of carbonyl (C=O) groups excluding carboxylic acids is 1. The maximum atomic E-state index is 13.5. The van der Waals surface area contributed by atoms with Gasteiger partial charge in [-0.25, -0.2) is 9.18 Å². The minimum absolute atomic E-state index is 0.0913. The zero-order valence-electron chi connectivity index (χ0n) is 18.1. The van der Waals surface area contributed by atoms with Gasteiger partial charge in [0.1, 0.15) is 11.4 Å². The summed E-state index contributed by atoms with van der Waals surface area (Å²) in [6, 6.07) is 6.15. The molecule has 2 aromatic carbocycles. The molecule has 0 saturated carbocycles. The second-order valence-corrected chi connectivity index (χ2v) is 9.29. The highest BCUT2D eigenvalue weighted by molar-refractivity contribution is 9.10. The van der Waals surface area contributed by atoms with E-state index in [1.807, 2.05) is 18.7 Å². The van der Waals surface area contributed by atoms with Crippen molar-refractivity contribution < 1.29 is 23.8 Å². The van der Waals surface area contributed by atoms with Crippen molar-refractivity contribution in [1.82, 2.24) is 4.57 Å². The number of benzene rings is 2. The maximum Gasteiger partial charge on any atom is 0.341 e. The van der Waals surface area contributed by atoms with E-state index in [1.165, 1.54) is 31.0 Å². The van der Waals surface area contributed by atoms with Gasteiger partial charge in [-0.1, -0.05) is 11.8 Å². The standard InChI is InChI=1S/C23H24BrFN2O4S/c1-4-27-19-13(2)18(24)21(28)20(26-9-11-31-12-10-26)16(19)17(23(29)30-3)22(27)32-15-7-5-14(25)6-8-15/h5-8,28H,4,9-12H2,1-3H3. The van der Waals surface area contributed by atoms with Crippen molar-refractivity contribution in [1.29, 1.82) is 0 Å². The van der Waals surface area contributed by atoms with Gasteiger partial charge in [-0.3, -0.25) is 0 Å². The number of esters is 1. The molecule has 3 aromatic rings. The maximum absolute atomic E-state index is 13.5. The second kappa shape index (κ2) is 9.33. The number of morpholine rings is 1. The Labute approximate surface area is 198 Å². The summed E-state index contributed by atoms with van der Waals surface area (Å²) in [5, 5.41) is 12.5. The van der Waals surface area contributed by atoms with Crippen LogP contribution in [0.5, 0.6) is 5.75 Å². The van der Waals surface area contributed by atoms with E-state index in [0.717, 1.165) is 16.0 Å². The smallest absolute Gasteiger partial charge is 0.341 e. The van der Waals surface area contributed by atoms with Crippen LogP contribution in [0, 0.1) is 12.7 Å². The van der Waals surface area contributed by atoms with Crippen LogP contribution >= 0.6 is 27.7 Å². The van der Waals surface area contributed by atoms with Gasteiger partial charge < -0.3 is 24.0 Å². The van der Waals surface area contributed by atoms with Crippen molar-refractivity contribution in [3.05, 3.63) is 45.7 Å². The second-order valence-electron chi connectivity index (χ2n) is 7.43. The molecule has 1 aromatic heterocycles. The van der Waals surface area contributed by atoms with Crippen LogP contribution in [0.15, 0.2) is 38.7 Å². The van der Waals surface area contributed by atoms with Crippen molar-refractivity contribution >= 4 is 50.3 Å². The predicted molar refractivity (Wildman–Crippen MR) is 127 cm³/mol. The van der Waals surface area contributed by atoms with Gasteiger partial charge in [0.15, 0.2) is 5.75 Å². The number of aromatic hydroxyl groups is 1. The van der Waals surface area contributed by atoms with E-state index in [1.54, 1.807) is 12.1 Å². The van der Waals surface area contributed by atoms with E-state index in [4.69, 9.17) is 9.47 Å². The Hall–Kier alpha value is -2.23. The van der Waals surface area contributed by atoms with Crippen LogP contribution in [-0.2, 0) is 16.0 Å². The fraction of sp³-hybridized carbons (Fsp3) is 0.348. The molecule has 0 atom stereocenters. The van der Waals surface area contributed by atoms with Crippen LogP contribution in [0.4, 0.5) is 10.1 Å². The summed E-state index contributed by atoms with van der Waals surface area (Å²) >= 11 is 4.93. The van der Waals surface area contributed by atoms with E-state index < -0.39 is 5.97 Å². The molecule has 4 rings (SSSR count). The first-order chi connectivity index (χ1) is 15.4. The van der Waals surface area contributed by atoms with Crippen LogP contribution in [0.25, 0.3) is 10.9 Å². The quantitative estimate of drug-likeness (QED) is 0.455. The molecule has 32 heavy (non-hydrogen) atoms. The first-order valence-electron chi connectivity index (χ1n) is 10.3. The van der Waals surface area contributed by atoms with Crippen LogP contribution < -0.4 is 4.90 Å². The molecule has 0 unspecified atom stereocenters. The number of halogens is 2. The van der Waals surface area contributed by atoms with Crippen molar-refractivity contribution in [3.63, 3.8) is 0 Å². The molecule has 0 aliphatic carbocycles. The molecular formula is C23H24BrFN2O4S. The average Bonchev–Trinajstić information content (AvgIpc) is 3.13. The first kappa shape index (κ1) is 22.9. The number of hydrogen-bond donors (Lipinski definition) is 1. The van der Waals surface area contributed by atoms with Crippen LogP contribution in [-0.4, -0.2) is 49.1 Å². The number of rotatable bonds is 5. The lowest BCUT2D eigenvalue weighted by atomic mass is 10.0. The first-order valence-corrected chi connectivity index (χ1v) is 11.9. The van der Waals surface area contributed by atoms with E-state index >= 15 is 0 Å². The highest BCUT2D eigenvalue weighted by Gasteiger charge is 2.32. The van der Waals surface area contributed by atoms with Gasteiger partial charge in [-0.2, -0.15) is 0 Å². The van der Waals surface area contributed by atoms with Crippen LogP contribution in [0.3, 0.4) is 0 Å². The molecule has 2 heterocycles. The monoisotopic (exact) mass is 522 g/mol. The molecule has 1 aliphatic rings. The number of anilines is 1. The zero-order valence-corrected chi connectivity index (χ0v) is 20.5. The summed E-state index contributed by atoms with van der Waals surface area (Å²) in [5.74, 6) is -0.714. The normalized spacial score (nSPS) is 14.2. The molecule has 1 saturated heterocycles. The Kier molecular flexibility index (Phi) is 6.69. The lowest BCUT2D eigenvalue weighted by Gasteiger charge is -2.31. The van der Waals surface area contributed by atoms with Gasteiger partial charge in [0, 0.05) is 29.9 Å². The number of phenolic OH excluding ortho intramolecular Hbond substituents is 1. The fourth-order valence-electron chi connectivity index (χ4n) is 4.13. The molecule has 170 valence electrons. The number of ether oxygens (including phenoxy) is 2. The summed E-state index contributed by atoms with van der Waals surface area (Å²) in [6.45, 7) is 6.76. The number of hydrogen-bond acceptors (Lipinski definition) is 6. The van der Waals surface area contributed by atoms with Gasteiger partial charge in [-0.05, 0) is 59.6 Å². The topological polar surface area (TPSA) is 63.9 Å². The molecule has 0 bridgehead atoms. The van der Waals surface area contributed by atoms with Crippen molar-refractivity contribution in [2.45, 2.75) is 30.3 Å². The van der Waals surface area contributed by atoms with E-state index in [-0.39, 0.29) is 11.6 Å². The Morgan fingerprint density at radius 1 is 1.28 bits per heavy atom. The third-order valence-electron chi connectivity index (χ3n) is 5.63. The van der Waals surface area contributed by atoms with Gasteiger partial charge in [0.05, 0.1) is 41.0 Å². The Morgan fingerprint density at radius 2 is 1.94 bits per heavy atom. The summed E-state index contributed by atoms with van der Waals surface area (Å²) in [5.41, 5.74) is 2.66. The molecular weight excluding hydrogens is 499 g/mol. The SMILES string of the molecule is CCn1c(Sc2ccc(F)cc2)c(C(=O)OC)c2c(N3CCOCC3)c(O)c(Br)c(C)c21. The summed E-state index contributed by atoms with van der Waals surface area (Å²) in [4.78, 5) is 16.0. The number of phenols is 1. The Morgan fingerprint density at radius 3 is 2.53 bits per heavy atom. The molecule has 6 nitrogen and oxygen atoms in total. The van der Waals surface area contributed by atoms with Crippen LogP contribution in [0.2, 0.25) is 0 Å². The van der Waals surface area contributed by atoms with Gasteiger partial charge >= 0.3 is 5.97 Å². The number of aromatic nitrogens is 1. The molecule has 0 amide bonds. The summed E-state index contributed by atoms with van der Waals surface area (Å²) in [7, 11) is 1.35. The molecule has 1 aliphatic heterocycles. The molecule has 1 fully saturated rings. The molecule has 9 heteroatoms. The third-order valence-corrected chi connectivity index (χ3v) is 7.73. The van der Waals surface area contributed by atoms with Gasteiger partial charge in [-0.15, -0.1) is 0 Å². The minimum Gasteiger partial charge on any atom is -0.505 e. The van der Waals surface area contributed by atoms with Crippen molar-refractivity contribution in [2.75, 3.05) is 38.3 Å². The largest absolute Gasteiger partial charge is 0.505 e. The number of carbonyl (C=O) groups is 1. The third kappa shape index (κ3) is 3.86. The minimum atomic E-state index is -0.484. The summed E-state index contributed by atoms with van der Waals surface area (Å²) in [6.07, 6.45) is 0. The lowest BCUT2D eigenvalue weighted by Crippen LogP contribution is -2.36. The van der Waals surface area contributed by atoms with Crippen molar-refractivity contribution in [3.8, 4) is 5.75 Å². The Balaban J connectivity index is 2.07. The predicted octanol–water partition coefficient (Wildman–Crippen LogP) is 5.35. The van der Waals surface area contributed by atoms with Crippen molar-refractivity contribution in [2.24, 2.45) is 0 Å². The Bertz CT molecular complexity index is 1170. The van der Waals surface area contributed by atoms with E-state index in [2.05, 4.69) is 20.5 Å². The number of aryl methyl sites for hydroxylation is 2. The lowest BCUT2D eigenvalue weighted by molar-refractivity contribution is 0.0598. The molecule has 0 spiro atoms. The van der Waals surface area contributed by atoms with Gasteiger partial charge in [0.2, 0.25) is 0 Å². The van der Waals surface area contributed by atoms with E-state index in [9.17, 15) is 14.3 Å². The molecule has 0 radical (unpaired) electrons. The van der Waals surface area contributed by atoms with E-state index in [0.29, 0.717) is 59.0 Å². The molecule has 1 N–H and O–H groups in total. The number of nitrogens with zero attached hydrogens (tertiary/aromatic N) is 2. The summed E-state index contributed by atoms with van der Waals surface area (Å²) < 4.78 is 26.8. The number of methoxy groups -OCH3 is 1. The fourth-order valence-corrected chi connectivity index (χ4v) is 5.62.